The molecular formula is C18H26CuN6O12S2+2. The van der Waals surface area contributed by atoms with Gasteiger partial charge in [-0.2, -0.15) is 0 Å². The molecule has 4 rings (SSSR count). The van der Waals surface area contributed by atoms with Crippen molar-refractivity contribution in [1.29, 1.82) is 0 Å². The smallest absolute Gasteiger partial charge is 0.742 e. The van der Waals surface area contributed by atoms with Gasteiger partial charge in [0.05, 0.1) is 11.4 Å². The first-order valence-corrected chi connectivity index (χ1v) is 11.3. The van der Waals surface area contributed by atoms with E-state index >= 15 is 0 Å². The molecule has 21 heteroatoms. The van der Waals surface area contributed by atoms with Crippen LogP contribution in [0.5, 0.6) is 0 Å². The third kappa shape index (κ3) is 13.3. The summed E-state index contributed by atoms with van der Waals surface area (Å²) in [5.74, 6) is 0. The van der Waals surface area contributed by atoms with Crippen LogP contribution in [0, 0.1) is 0 Å². The quantitative estimate of drug-likeness (QED) is 0.0880. The van der Waals surface area contributed by atoms with Crippen LogP contribution in [0.25, 0.3) is 22.5 Å². The Morgan fingerprint density at radius 1 is 0.513 bits per heavy atom. The SMILES string of the molecule is O.O.O.O.O=S(=O)([O-])c1nccc(-c2ccncc2)n1.O=S(=O)([O-])c1nccc(-c2ccncc2)n1.[Cu+2].[OH3+].[OH3+]. The molecule has 18 nitrogen and oxygen atoms in total. The van der Waals surface area contributed by atoms with Crippen molar-refractivity contribution >= 4 is 20.2 Å². The van der Waals surface area contributed by atoms with Crippen LogP contribution in [0.2, 0.25) is 0 Å². The molecule has 14 N–H and O–H groups in total. The van der Waals surface area contributed by atoms with E-state index in [1.165, 1.54) is 24.5 Å². The summed E-state index contributed by atoms with van der Waals surface area (Å²) in [6.07, 6.45) is 8.64. The molecule has 0 aliphatic carbocycles. The number of nitrogens with zero attached hydrogens (tertiary/aromatic N) is 6. The standard InChI is InChI=1S/2C9H7N3O3S.Cu.6H2O/c2*13-16(14,15)9-11-6-3-8(12-9)7-1-4-10-5-2-7;;;;;;;/h2*1-6H,(H,13,14,15);;6*1H2/q;;+2;;;;;;. The van der Waals surface area contributed by atoms with Gasteiger partial charge in [-0.15, -0.1) is 0 Å². The van der Waals surface area contributed by atoms with Crippen LogP contribution in [0.15, 0.2) is 83.9 Å². The van der Waals surface area contributed by atoms with Crippen molar-refractivity contribution in [3.8, 4) is 22.5 Å². The van der Waals surface area contributed by atoms with Crippen molar-refractivity contribution in [2.45, 2.75) is 10.3 Å². The van der Waals surface area contributed by atoms with Gasteiger partial charge in [-0.25, -0.2) is 36.8 Å². The summed E-state index contributed by atoms with van der Waals surface area (Å²) in [7, 11) is -9.24. The minimum absolute atomic E-state index is 0. The second kappa shape index (κ2) is 19.6. The maximum Gasteiger partial charge on any atom is 2.00 e. The molecule has 0 aliphatic rings. The Morgan fingerprint density at radius 3 is 1.05 bits per heavy atom. The minimum atomic E-state index is -4.62. The average Bonchev–Trinajstić information content (AvgIpc) is 2.80. The van der Waals surface area contributed by atoms with E-state index in [9.17, 15) is 25.9 Å². The molecule has 0 saturated heterocycles. The van der Waals surface area contributed by atoms with Gasteiger partial charge < -0.3 is 42.0 Å². The molecule has 39 heavy (non-hydrogen) atoms. The van der Waals surface area contributed by atoms with Gasteiger partial charge in [-0.3, -0.25) is 9.97 Å². The number of pyridine rings is 2. The van der Waals surface area contributed by atoms with Crippen molar-refractivity contribution in [3.05, 3.63) is 73.6 Å². The fraction of sp³-hybridized carbons (Fsp3) is 0. The second-order valence-corrected chi connectivity index (χ2v) is 8.38. The normalized spacial score (nSPS) is 9.28. The van der Waals surface area contributed by atoms with Crippen molar-refractivity contribution in [2.24, 2.45) is 0 Å². The van der Waals surface area contributed by atoms with Crippen LogP contribution in [0.4, 0.5) is 0 Å². The Morgan fingerprint density at radius 2 is 0.795 bits per heavy atom. The largest absolute Gasteiger partial charge is 2.00 e. The monoisotopic (exact) mass is 645 g/mol. The van der Waals surface area contributed by atoms with Crippen molar-refractivity contribution in [2.75, 3.05) is 0 Å². The zero-order valence-electron chi connectivity index (χ0n) is 19.3. The Balaban J connectivity index is -0.000000168. The van der Waals surface area contributed by atoms with Crippen LogP contribution in [0.3, 0.4) is 0 Å². The first kappa shape index (κ1) is 45.5. The van der Waals surface area contributed by atoms with Crippen LogP contribution >= 0.6 is 0 Å². The maximum atomic E-state index is 10.7. The molecule has 4 aromatic heterocycles. The van der Waals surface area contributed by atoms with Crippen LogP contribution < -0.4 is 0 Å². The van der Waals surface area contributed by atoms with Crippen LogP contribution in [-0.4, -0.2) is 77.7 Å². The number of hydrogen-bond acceptors (Lipinski definition) is 12. The van der Waals surface area contributed by atoms with E-state index in [4.69, 9.17) is 0 Å². The van der Waals surface area contributed by atoms with Gasteiger partial charge in [0.25, 0.3) is 0 Å². The molecule has 221 valence electrons. The van der Waals surface area contributed by atoms with Crippen molar-refractivity contribution < 1.29 is 75.9 Å². The summed E-state index contributed by atoms with van der Waals surface area (Å²) in [6.45, 7) is 0. The predicted octanol–water partition coefficient (Wildman–Crippen LogP) is -4.26. The van der Waals surface area contributed by atoms with E-state index in [0.29, 0.717) is 22.5 Å². The Labute approximate surface area is 232 Å². The topological polar surface area (TPSA) is 384 Å². The average molecular weight is 646 g/mol. The summed E-state index contributed by atoms with van der Waals surface area (Å²) in [6, 6.07) is 9.66. The van der Waals surface area contributed by atoms with Crippen molar-refractivity contribution in [1.82, 2.24) is 29.9 Å². The molecule has 4 heterocycles. The van der Waals surface area contributed by atoms with Crippen LogP contribution in [0.1, 0.15) is 0 Å². The van der Waals surface area contributed by atoms with Gasteiger partial charge in [0.2, 0.25) is 10.3 Å². The number of aromatic nitrogens is 6. The third-order valence-corrected chi connectivity index (χ3v) is 4.95. The molecule has 0 fully saturated rings. The van der Waals surface area contributed by atoms with E-state index in [1.54, 1.807) is 49.1 Å². The van der Waals surface area contributed by atoms with Gasteiger partial charge >= 0.3 is 17.1 Å². The summed E-state index contributed by atoms with van der Waals surface area (Å²) in [4.78, 5) is 21.8. The van der Waals surface area contributed by atoms with Gasteiger partial charge in [0.1, 0.15) is 0 Å². The molecule has 0 amide bonds. The Hall–Kier alpha value is -3.44. The zero-order valence-corrected chi connectivity index (χ0v) is 21.9. The zero-order chi connectivity index (χ0) is 23.2. The van der Waals surface area contributed by atoms with Gasteiger partial charge in [0, 0.05) is 48.3 Å². The van der Waals surface area contributed by atoms with Crippen LogP contribution in [-0.2, 0) is 48.3 Å². The second-order valence-electron chi connectivity index (χ2n) is 5.83. The van der Waals surface area contributed by atoms with Crippen molar-refractivity contribution in [3.63, 3.8) is 0 Å². The molecule has 4 aromatic rings. The first-order valence-electron chi connectivity index (χ1n) is 8.53. The molecule has 0 aliphatic heterocycles. The molecule has 0 atom stereocenters. The van der Waals surface area contributed by atoms with E-state index in [0.717, 1.165) is 0 Å². The molecule has 1 radical (unpaired) electrons. The van der Waals surface area contributed by atoms with E-state index in [1.807, 2.05) is 0 Å². The minimum Gasteiger partial charge on any atom is -0.742 e. The summed E-state index contributed by atoms with van der Waals surface area (Å²) < 4.78 is 64.3. The fourth-order valence-electron chi connectivity index (χ4n) is 2.29. The Bertz CT molecular complexity index is 1330. The summed E-state index contributed by atoms with van der Waals surface area (Å²) in [5.41, 5.74) is 2.07. The van der Waals surface area contributed by atoms with E-state index in [-0.39, 0.29) is 49.9 Å². The summed E-state index contributed by atoms with van der Waals surface area (Å²) >= 11 is 0. The van der Waals surface area contributed by atoms with Gasteiger partial charge in [0.15, 0.2) is 20.2 Å². The fourth-order valence-corrected chi connectivity index (χ4v) is 3.09. The molecule has 0 aromatic carbocycles. The van der Waals surface area contributed by atoms with E-state index < -0.39 is 30.5 Å². The molecule has 0 bridgehead atoms. The third-order valence-electron chi connectivity index (χ3n) is 3.67. The van der Waals surface area contributed by atoms with Gasteiger partial charge in [-0.05, 0) is 36.4 Å². The molecule has 0 unspecified atom stereocenters. The number of hydrogen-bond donors (Lipinski definition) is 0. The van der Waals surface area contributed by atoms with E-state index in [2.05, 4.69) is 29.9 Å². The summed E-state index contributed by atoms with van der Waals surface area (Å²) in [5, 5.41) is -1.44. The Kier molecular flexibility index (Phi) is 22.9. The molecule has 0 spiro atoms. The predicted molar refractivity (Wildman–Crippen MR) is 131 cm³/mol. The number of rotatable bonds is 4. The first-order chi connectivity index (χ1) is 15.1. The molecular weight excluding hydrogens is 620 g/mol. The molecule has 0 saturated carbocycles. The maximum absolute atomic E-state index is 10.7. The van der Waals surface area contributed by atoms with Gasteiger partial charge in [-0.1, -0.05) is 0 Å².